The summed E-state index contributed by atoms with van der Waals surface area (Å²) in [5.74, 6) is 0.906. The Hall–Kier alpha value is -0.760. The highest BCUT2D eigenvalue weighted by atomic mass is 35.5. The van der Waals surface area contributed by atoms with Crippen LogP contribution in [0.3, 0.4) is 0 Å². The fourth-order valence-corrected chi connectivity index (χ4v) is 2.02. The zero-order chi connectivity index (χ0) is 12.0. The number of nitrogens with zero attached hydrogens (tertiary/aromatic N) is 2. The molecule has 86 valence electrons. The third-order valence-electron chi connectivity index (χ3n) is 2.05. The largest absolute Gasteiger partial charge is 0.314 e. The lowest BCUT2D eigenvalue weighted by Gasteiger charge is -2.13. The van der Waals surface area contributed by atoms with E-state index in [0.29, 0.717) is 11.4 Å². The van der Waals surface area contributed by atoms with Crippen LogP contribution >= 0.6 is 23.4 Å². The number of hydrogen-bond donors (Lipinski definition) is 1. The number of hydrogen-bond acceptors (Lipinski definition) is 4. The number of thioether (sulfide) groups is 1. The Morgan fingerprint density at radius 3 is 2.94 bits per heavy atom. The molecule has 0 aliphatic rings. The molecule has 0 bridgehead atoms. The van der Waals surface area contributed by atoms with Crippen molar-refractivity contribution in [1.29, 1.82) is 5.26 Å². The molecule has 0 saturated carbocycles. The van der Waals surface area contributed by atoms with E-state index >= 15 is 0 Å². The highest BCUT2D eigenvalue weighted by Gasteiger charge is 2.15. The Labute approximate surface area is 105 Å². The van der Waals surface area contributed by atoms with Crippen molar-refractivity contribution in [3.05, 3.63) is 23.4 Å². The van der Waals surface area contributed by atoms with Crippen LogP contribution in [0.25, 0.3) is 0 Å². The number of nitriles is 1. The average Bonchev–Trinajstić information content (AvgIpc) is 2.27. The molecule has 0 aromatic carbocycles. The van der Waals surface area contributed by atoms with Crippen molar-refractivity contribution in [1.82, 2.24) is 4.98 Å². The van der Waals surface area contributed by atoms with Gasteiger partial charge < -0.3 is 5.73 Å². The van der Waals surface area contributed by atoms with Crippen LogP contribution in [0.15, 0.2) is 23.4 Å². The van der Waals surface area contributed by atoms with E-state index in [4.69, 9.17) is 22.6 Å². The van der Waals surface area contributed by atoms with Gasteiger partial charge in [-0.1, -0.05) is 11.6 Å². The van der Waals surface area contributed by atoms with Crippen molar-refractivity contribution in [3.8, 4) is 6.07 Å². The fourth-order valence-electron chi connectivity index (χ4n) is 1.12. The molecule has 0 saturated heterocycles. The molecule has 0 aliphatic carbocycles. The predicted molar refractivity (Wildman–Crippen MR) is 67.4 cm³/mol. The molecule has 0 amide bonds. The van der Waals surface area contributed by atoms with Crippen LogP contribution in [0.2, 0.25) is 5.02 Å². The van der Waals surface area contributed by atoms with Crippen LogP contribution in [0.4, 0.5) is 0 Å². The molecule has 1 unspecified atom stereocenters. The van der Waals surface area contributed by atoms with Crippen LogP contribution < -0.4 is 5.73 Å². The number of nitrogens with two attached hydrogens (primary N) is 1. The number of aromatic nitrogens is 1. The molecule has 0 fully saturated rings. The van der Waals surface area contributed by atoms with E-state index in [-0.39, 0.29) is 0 Å². The molecular weight excluding hydrogens is 242 g/mol. The second-order valence-corrected chi connectivity index (χ2v) is 5.35. The first-order valence-corrected chi connectivity index (χ1v) is 6.34. The lowest BCUT2D eigenvalue weighted by atomic mass is 10.0. The van der Waals surface area contributed by atoms with Gasteiger partial charge in [0.05, 0.1) is 16.1 Å². The smallest absolute Gasteiger partial charge is 0.101 e. The van der Waals surface area contributed by atoms with Crippen LogP contribution in [0.5, 0.6) is 0 Å². The molecule has 1 atom stereocenters. The van der Waals surface area contributed by atoms with Crippen molar-refractivity contribution in [2.45, 2.75) is 30.3 Å². The van der Waals surface area contributed by atoms with Crippen molar-refractivity contribution in [3.63, 3.8) is 0 Å². The maximum atomic E-state index is 8.73. The van der Waals surface area contributed by atoms with Gasteiger partial charge in [0.2, 0.25) is 0 Å². The van der Waals surface area contributed by atoms with Crippen LogP contribution in [-0.4, -0.2) is 16.3 Å². The molecule has 0 radical (unpaired) electrons. The van der Waals surface area contributed by atoms with Crippen molar-refractivity contribution in [2.75, 3.05) is 5.75 Å². The van der Waals surface area contributed by atoms with E-state index in [1.807, 2.05) is 12.1 Å². The zero-order valence-electron chi connectivity index (χ0n) is 9.11. The van der Waals surface area contributed by atoms with Gasteiger partial charge in [0.15, 0.2) is 0 Å². The number of halogens is 1. The SMILES string of the molecule is CC(N)(C#N)CCCSc1ccc(Cl)cn1. The summed E-state index contributed by atoms with van der Waals surface area (Å²) >= 11 is 7.37. The van der Waals surface area contributed by atoms with Gasteiger partial charge in [-0.05, 0) is 37.7 Å². The molecule has 1 aromatic rings. The van der Waals surface area contributed by atoms with Crippen molar-refractivity contribution >= 4 is 23.4 Å². The van der Waals surface area contributed by atoms with Crippen molar-refractivity contribution in [2.24, 2.45) is 5.73 Å². The van der Waals surface area contributed by atoms with Gasteiger partial charge in [0, 0.05) is 6.20 Å². The molecular formula is C11H14ClN3S. The lowest BCUT2D eigenvalue weighted by molar-refractivity contribution is 0.540. The molecule has 1 rings (SSSR count). The summed E-state index contributed by atoms with van der Waals surface area (Å²) in [4.78, 5) is 4.17. The summed E-state index contributed by atoms with van der Waals surface area (Å²) in [7, 11) is 0. The first-order valence-electron chi connectivity index (χ1n) is 4.98. The van der Waals surface area contributed by atoms with E-state index in [9.17, 15) is 0 Å². The van der Waals surface area contributed by atoms with Crippen molar-refractivity contribution < 1.29 is 0 Å². The van der Waals surface area contributed by atoms with Gasteiger partial charge in [-0.3, -0.25) is 0 Å². The molecule has 1 aromatic heterocycles. The molecule has 2 N–H and O–H groups in total. The summed E-state index contributed by atoms with van der Waals surface area (Å²) < 4.78 is 0. The van der Waals surface area contributed by atoms with E-state index in [1.54, 1.807) is 24.9 Å². The summed E-state index contributed by atoms with van der Waals surface area (Å²) in [6.07, 6.45) is 3.23. The second kappa shape index (κ2) is 6.09. The molecule has 3 nitrogen and oxygen atoms in total. The lowest BCUT2D eigenvalue weighted by Crippen LogP contribution is -2.33. The van der Waals surface area contributed by atoms with E-state index in [0.717, 1.165) is 17.2 Å². The Morgan fingerprint density at radius 1 is 1.62 bits per heavy atom. The fraction of sp³-hybridized carbons (Fsp3) is 0.455. The summed E-state index contributed by atoms with van der Waals surface area (Å²) in [6, 6.07) is 5.79. The molecule has 1 heterocycles. The minimum atomic E-state index is -0.714. The highest BCUT2D eigenvalue weighted by molar-refractivity contribution is 7.99. The minimum Gasteiger partial charge on any atom is -0.314 e. The van der Waals surface area contributed by atoms with Crippen LogP contribution in [-0.2, 0) is 0 Å². The van der Waals surface area contributed by atoms with Gasteiger partial charge in [-0.25, -0.2) is 4.98 Å². The van der Waals surface area contributed by atoms with E-state index < -0.39 is 5.54 Å². The third-order valence-corrected chi connectivity index (χ3v) is 3.30. The van der Waals surface area contributed by atoms with Crippen LogP contribution in [0.1, 0.15) is 19.8 Å². The number of pyridine rings is 1. The van der Waals surface area contributed by atoms with Crippen LogP contribution in [0, 0.1) is 11.3 Å². The van der Waals surface area contributed by atoms with Gasteiger partial charge in [-0.2, -0.15) is 5.26 Å². The second-order valence-electron chi connectivity index (χ2n) is 3.80. The molecule has 0 spiro atoms. The van der Waals surface area contributed by atoms with Gasteiger partial charge in [-0.15, -0.1) is 11.8 Å². The zero-order valence-corrected chi connectivity index (χ0v) is 10.7. The maximum absolute atomic E-state index is 8.73. The third kappa shape index (κ3) is 4.84. The first kappa shape index (κ1) is 13.3. The average molecular weight is 256 g/mol. The normalized spacial score (nSPS) is 14.1. The van der Waals surface area contributed by atoms with E-state index in [1.165, 1.54) is 0 Å². The standard InChI is InChI=1S/C11H14ClN3S/c1-11(14,8-13)5-2-6-16-10-4-3-9(12)7-15-10/h3-4,7H,2,5-6,14H2,1H3. The Kier molecular flexibility index (Phi) is 5.07. The van der Waals surface area contributed by atoms with Gasteiger partial charge >= 0.3 is 0 Å². The Balaban J connectivity index is 2.27. The summed E-state index contributed by atoms with van der Waals surface area (Å²) in [5.41, 5.74) is 5.00. The Bertz CT molecular complexity index is 370. The quantitative estimate of drug-likeness (QED) is 0.649. The number of rotatable bonds is 5. The minimum absolute atomic E-state index is 0.642. The topological polar surface area (TPSA) is 62.7 Å². The van der Waals surface area contributed by atoms with Gasteiger partial charge in [0.25, 0.3) is 0 Å². The summed E-state index contributed by atoms with van der Waals surface area (Å²) in [5, 5.41) is 10.3. The molecule has 5 heteroatoms. The monoisotopic (exact) mass is 255 g/mol. The predicted octanol–water partition coefficient (Wildman–Crippen LogP) is 2.85. The molecule has 16 heavy (non-hydrogen) atoms. The van der Waals surface area contributed by atoms with Gasteiger partial charge in [0.1, 0.15) is 5.54 Å². The summed E-state index contributed by atoms with van der Waals surface area (Å²) in [6.45, 7) is 1.75. The van der Waals surface area contributed by atoms with E-state index in [2.05, 4.69) is 11.1 Å². The molecule has 0 aliphatic heterocycles. The maximum Gasteiger partial charge on any atom is 0.101 e. The first-order chi connectivity index (χ1) is 7.53. The highest BCUT2D eigenvalue weighted by Crippen LogP contribution is 2.19. The Morgan fingerprint density at radius 2 is 2.38 bits per heavy atom.